The third-order valence-electron chi connectivity index (χ3n) is 1.55. The van der Waals surface area contributed by atoms with E-state index < -0.39 is 0 Å². The quantitative estimate of drug-likeness (QED) is 0.746. The Morgan fingerprint density at radius 1 is 1.64 bits per heavy atom. The maximum absolute atomic E-state index is 11.6. The Labute approximate surface area is 83.1 Å². The standard InChI is InChI=1S/C7H6N4O2S/c1-13-5-2-4(14-11-5)6(12)7-8-3-9-10-7/h2-3H,1H3,(H,8,9,10). The predicted octanol–water partition coefficient (Wildman–Crippen LogP) is 0.501. The van der Waals surface area contributed by atoms with Crippen LogP contribution in [0.5, 0.6) is 5.88 Å². The molecule has 2 heterocycles. The van der Waals surface area contributed by atoms with E-state index in [1.165, 1.54) is 13.4 Å². The van der Waals surface area contributed by atoms with Crippen LogP contribution in [0, 0.1) is 0 Å². The lowest BCUT2D eigenvalue weighted by atomic mass is 10.3. The van der Waals surface area contributed by atoms with Crippen LogP contribution < -0.4 is 4.74 Å². The van der Waals surface area contributed by atoms with E-state index in [4.69, 9.17) is 4.74 Å². The van der Waals surface area contributed by atoms with Crippen molar-refractivity contribution in [3.05, 3.63) is 23.1 Å². The first-order valence-corrected chi connectivity index (χ1v) is 4.49. The number of ketones is 1. The monoisotopic (exact) mass is 210 g/mol. The summed E-state index contributed by atoms with van der Waals surface area (Å²) in [4.78, 5) is 15.8. The molecule has 0 saturated carbocycles. The molecule has 0 spiro atoms. The van der Waals surface area contributed by atoms with E-state index >= 15 is 0 Å². The third kappa shape index (κ3) is 1.49. The second kappa shape index (κ2) is 3.54. The second-order valence-electron chi connectivity index (χ2n) is 2.40. The minimum Gasteiger partial charge on any atom is -0.480 e. The molecule has 0 saturated heterocycles. The lowest BCUT2D eigenvalue weighted by Gasteiger charge is -1.89. The number of nitrogens with one attached hydrogen (secondary N) is 1. The van der Waals surface area contributed by atoms with Crippen molar-refractivity contribution in [1.29, 1.82) is 0 Å². The minimum atomic E-state index is -0.233. The number of aromatic amines is 1. The van der Waals surface area contributed by atoms with Gasteiger partial charge in [-0.15, -0.1) is 0 Å². The fourth-order valence-electron chi connectivity index (χ4n) is 0.894. The number of hydrogen-bond acceptors (Lipinski definition) is 6. The zero-order valence-electron chi connectivity index (χ0n) is 7.22. The van der Waals surface area contributed by atoms with Crippen LogP contribution in [-0.2, 0) is 0 Å². The summed E-state index contributed by atoms with van der Waals surface area (Å²) in [5.41, 5.74) is 0. The van der Waals surface area contributed by atoms with Gasteiger partial charge < -0.3 is 4.74 Å². The lowest BCUT2D eigenvalue weighted by molar-refractivity contribution is 0.103. The summed E-state index contributed by atoms with van der Waals surface area (Å²) in [5.74, 6) is 0.400. The van der Waals surface area contributed by atoms with Gasteiger partial charge in [0.2, 0.25) is 11.7 Å². The van der Waals surface area contributed by atoms with Crippen molar-refractivity contribution < 1.29 is 9.53 Å². The Balaban J connectivity index is 2.28. The molecule has 72 valence electrons. The summed E-state index contributed by atoms with van der Waals surface area (Å²) < 4.78 is 8.77. The zero-order chi connectivity index (χ0) is 9.97. The minimum absolute atomic E-state index is 0.205. The van der Waals surface area contributed by atoms with Gasteiger partial charge in [0.05, 0.1) is 7.11 Å². The van der Waals surface area contributed by atoms with Gasteiger partial charge in [-0.25, -0.2) is 4.98 Å². The highest BCUT2D eigenvalue weighted by Crippen LogP contribution is 2.17. The topological polar surface area (TPSA) is 80.8 Å². The molecule has 0 bridgehead atoms. The van der Waals surface area contributed by atoms with Crippen molar-refractivity contribution in [1.82, 2.24) is 19.6 Å². The lowest BCUT2D eigenvalue weighted by Crippen LogP contribution is -2.00. The molecule has 0 radical (unpaired) electrons. The zero-order valence-corrected chi connectivity index (χ0v) is 8.04. The average molecular weight is 210 g/mol. The Morgan fingerprint density at radius 3 is 3.07 bits per heavy atom. The summed E-state index contributed by atoms with van der Waals surface area (Å²) in [7, 11) is 1.50. The molecule has 2 aromatic rings. The fraction of sp³-hybridized carbons (Fsp3) is 0.143. The smallest absolute Gasteiger partial charge is 0.241 e. The highest BCUT2D eigenvalue weighted by molar-refractivity contribution is 7.08. The van der Waals surface area contributed by atoms with E-state index in [1.807, 2.05) is 0 Å². The molecule has 0 aliphatic rings. The van der Waals surface area contributed by atoms with E-state index in [2.05, 4.69) is 19.6 Å². The molecule has 7 heteroatoms. The van der Waals surface area contributed by atoms with Gasteiger partial charge in [0.1, 0.15) is 11.2 Å². The Morgan fingerprint density at radius 2 is 2.50 bits per heavy atom. The average Bonchev–Trinajstić information content (AvgIpc) is 2.88. The molecule has 0 aliphatic heterocycles. The summed E-state index contributed by atoms with van der Waals surface area (Å²) in [6.45, 7) is 0. The Bertz CT molecular complexity index is 436. The maximum Gasteiger partial charge on any atom is 0.241 e. The Hall–Kier alpha value is -1.76. The number of methoxy groups -OCH3 is 1. The molecular formula is C7H6N4O2S. The number of nitrogens with zero attached hydrogens (tertiary/aromatic N) is 3. The highest BCUT2D eigenvalue weighted by Gasteiger charge is 2.15. The molecule has 0 atom stereocenters. The van der Waals surface area contributed by atoms with Crippen LogP contribution >= 0.6 is 11.5 Å². The number of carbonyl (C=O) groups is 1. The van der Waals surface area contributed by atoms with Crippen LogP contribution in [0.2, 0.25) is 0 Å². The van der Waals surface area contributed by atoms with Gasteiger partial charge in [0.15, 0.2) is 5.82 Å². The summed E-state index contributed by atoms with van der Waals surface area (Å²) in [5, 5.41) is 6.08. The van der Waals surface area contributed by atoms with Crippen molar-refractivity contribution in [2.24, 2.45) is 0 Å². The van der Waals surface area contributed by atoms with Gasteiger partial charge in [0.25, 0.3) is 0 Å². The van der Waals surface area contributed by atoms with Crippen LogP contribution in [0.3, 0.4) is 0 Å². The molecule has 2 rings (SSSR count). The van der Waals surface area contributed by atoms with E-state index in [9.17, 15) is 4.79 Å². The van der Waals surface area contributed by atoms with E-state index in [0.717, 1.165) is 11.5 Å². The van der Waals surface area contributed by atoms with Crippen LogP contribution in [0.15, 0.2) is 12.4 Å². The summed E-state index contributed by atoms with van der Waals surface area (Å²) >= 11 is 1.07. The first-order chi connectivity index (χ1) is 6.81. The summed E-state index contributed by atoms with van der Waals surface area (Å²) in [6.07, 6.45) is 1.28. The first kappa shape index (κ1) is 8.82. The van der Waals surface area contributed by atoms with Gasteiger partial charge in [0, 0.05) is 6.07 Å². The molecule has 0 unspecified atom stereocenters. The number of carbonyl (C=O) groups excluding carboxylic acids is 1. The number of hydrogen-bond donors (Lipinski definition) is 1. The van der Waals surface area contributed by atoms with Crippen LogP contribution in [0.25, 0.3) is 0 Å². The van der Waals surface area contributed by atoms with Crippen molar-refractivity contribution >= 4 is 17.3 Å². The molecule has 2 aromatic heterocycles. The van der Waals surface area contributed by atoms with Crippen molar-refractivity contribution in [3.63, 3.8) is 0 Å². The van der Waals surface area contributed by atoms with Crippen LogP contribution in [-0.4, -0.2) is 32.4 Å². The van der Waals surface area contributed by atoms with Gasteiger partial charge in [-0.3, -0.25) is 9.89 Å². The second-order valence-corrected chi connectivity index (χ2v) is 3.20. The Kier molecular flexibility index (Phi) is 2.23. The molecule has 14 heavy (non-hydrogen) atoms. The van der Waals surface area contributed by atoms with Crippen molar-refractivity contribution in [2.75, 3.05) is 7.11 Å². The van der Waals surface area contributed by atoms with Crippen LogP contribution in [0.4, 0.5) is 0 Å². The molecule has 0 aromatic carbocycles. The largest absolute Gasteiger partial charge is 0.480 e. The SMILES string of the molecule is COc1cc(C(=O)c2ncn[nH]2)sn1. The highest BCUT2D eigenvalue weighted by atomic mass is 32.1. The number of ether oxygens (including phenoxy) is 1. The fourth-order valence-corrected chi connectivity index (χ4v) is 1.54. The van der Waals surface area contributed by atoms with Gasteiger partial charge in [-0.2, -0.15) is 9.47 Å². The molecule has 0 amide bonds. The number of rotatable bonds is 3. The molecular weight excluding hydrogens is 204 g/mol. The van der Waals surface area contributed by atoms with Gasteiger partial charge >= 0.3 is 0 Å². The number of aromatic nitrogens is 4. The summed E-state index contributed by atoms with van der Waals surface area (Å²) in [6, 6.07) is 1.56. The van der Waals surface area contributed by atoms with Crippen molar-refractivity contribution in [2.45, 2.75) is 0 Å². The third-order valence-corrected chi connectivity index (χ3v) is 2.32. The molecule has 0 aliphatic carbocycles. The van der Waals surface area contributed by atoms with Gasteiger partial charge in [-0.05, 0) is 11.5 Å². The predicted molar refractivity (Wildman–Crippen MR) is 48.5 cm³/mol. The van der Waals surface area contributed by atoms with Gasteiger partial charge in [-0.1, -0.05) is 0 Å². The first-order valence-electron chi connectivity index (χ1n) is 3.72. The number of H-pyrrole nitrogens is 1. The normalized spacial score (nSPS) is 10.1. The maximum atomic E-state index is 11.6. The molecule has 1 N–H and O–H groups in total. The molecule has 0 fully saturated rings. The van der Waals surface area contributed by atoms with E-state index in [-0.39, 0.29) is 11.6 Å². The van der Waals surface area contributed by atoms with Crippen molar-refractivity contribution in [3.8, 4) is 5.88 Å². The van der Waals surface area contributed by atoms with E-state index in [1.54, 1.807) is 6.07 Å². The van der Waals surface area contributed by atoms with E-state index in [0.29, 0.717) is 10.8 Å². The van der Waals surface area contributed by atoms with Crippen LogP contribution in [0.1, 0.15) is 15.5 Å². The molecule has 6 nitrogen and oxygen atoms in total.